The van der Waals surface area contributed by atoms with Crippen molar-refractivity contribution in [1.82, 2.24) is 10.2 Å². The van der Waals surface area contributed by atoms with E-state index < -0.39 is 11.5 Å². The van der Waals surface area contributed by atoms with Crippen molar-refractivity contribution in [3.05, 3.63) is 0 Å². The Balaban J connectivity index is 1.89. The van der Waals surface area contributed by atoms with Gasteiger partial charge in [0.15, 0.2) is 0 Å². The number of nitrogens with one attached hydrogen (secondary N) is 1. The molecule has 1 heterocycles. The standard InChI is InChI=1S/C15H26N2O4/c18-12-5-4-8-17(10-12)11-13(19)16-15(9-14(20)21)6-2-1-3-7-15/h12,18H,1-11H2,(H,16,19)(H,20,21)/t12-/m1/s1. The van der Waals surface area contributed by atoms with Gasteiger partial charge in [-0.15, -0.1) is 0 Å². The summed E-state index contributed by atoms with van der Waals surface area (Å²) in [5.74, 6) is -0.974. The second-order valence-electron chi connectivity index (χ2n) is 6.49. The summed E-state index contributed by atoms with van der Waals surface area (Å²) in [5, 5.41) is 21.7. The van der Waals surface area contributed by atoms with E-state index in [1.54, 1.807) is 0 Å². The first-order valence-corrected chi connectivity index (χ1v) is 7.92. The van der Waals surface area contributed by atoms with Crippen LogP contribution < -0.4 is 5.32 Å². The number of carboxylic acid groups (broad SMARTS) is 1. The SMILES string of the molecule is O=C(O)CC1(NC(=O)CN2CCC[C@@H](O)C2)CCCCC1. The number of amides is 1. The fourth-order valence-corrected chi connectivity index (χ4v) is 3.58. The van der Waals surface area contributed by atoms with Crippen molar-refractivity contribution in [2.45, 2.75) is 63.0 Å². The quantitative estimate of drug-likeness (QED) is 0.696. The summed E-state index contributed by atoms with van der Waals surface area (Å²) in [4.78, 5) is 25.3. The van der Waals surface area contributed by atoms with Gasteiger partial charge in [0.05, 0.1) is 24.6 Å². The highest BCUT2D eigenvalue weighted by atomic mass is 16.4. The minimum absolute atomic E-state index is 0.00135. The van der Waals surface area contributed by atoms with Gasteiger partial charge in [-0.1, -0.05) is 19.3 Å². The molecule has 120 valence electrons. The molecule has 1 aliphatic carbocycles. The lowest BCUT2D eigenvalue weighted by Gasteiger charge is -2.38. The molecule has 0 aromatic heterocycles. The van der Waals surface area contributed by atoms with Crippen molar-refractivity contribution in [3.63, 3.8) is 0 Å². The first-order valence-electron chi connectivity index (χ1n) is 7.92. The molecular formula is C15H26N2O4. The van der Waals surface area contributed by atoms with E-state index >= 15 is 0 Å². The Morgan fingerprint density at radius 3 is 2.52 bits per heavy atom. The number of aliphatic hydroxyl groups excluding tert-OH is 1. The highest BCUT2D eigenvalue weighted by Crippen LogP contribution is 2.31. The number of nitrogens with zero attached hydrogens (tertiary/aromatic N) is 1. The van der Waals surface area contributed by atoms with E-state index in [4.69, 9.17) is 5.11 Å². The highest BCUT2D eigenvalue weighted by Gasteiger charge is 2.36. The maximum atomic E-state index is 12.2. The van der Waals surface area contributed by atoms with Crippen LogP contribution in [0.4, 0.5) is 0 Å². The second kappa shape index (κ2) is 7.22. The molecule has 1 amide bonds. The molecule has 0 spiro atoms. The maximum absolute atomic E-state index is 12.2. The number of hydrogen-bond donors (Lipinski definition) is 3. The normalized spacial score (nSPS) is 26.2. The summed E-state index contributed by atoms with van der Waals surface area (Å²) in [7, 11) is 0. The zero-order chi connectivity index (χ0) is 15.3. The van der Waals surface area contributed by atoms with Gasteiger partial charge in [-0.05, 0) is 32.2 Å². The molecule has 1 saturated carbocycles. The van der Waals surface area contributed by atoms with E-state index in [0.717, 1.165) is 51.5 Å². The van der Waals surface area contributed by atoms with E-state index in [1.165, 1.54) is 0 Å². The molecule has 1 aliphatic heterocycles. The Morgan fingerprint density at radius 2 is 1.90 bits per heavy atom. The van der Waals surface area contributed by atoms with Gasteiger partial charge in [0.2, 0.25) is 5.91 Å². The van der Waals surface area contributed by atoms with Gasteiger partial charge in [-0.3, -0.25) is 14.5 Å². The second-order valence-corrected chi connectivity index (χ2v) is 6.49. The lowest BCUT2D eigenvalue weighted by molar-refractivity contribution is -0.139. The molecule has 1 atom stereocenters. The number of aliphatic carboxylic acids is 1. The minimum atomic E-state index is -0.856. The van der Waals surface area contributed by atoms with E-state index in [9.17, 15) is 14.7 Å². The molecule has 2 fully saturated rings. The lowest BCUT2D eigenvalue weighted by Crippen LogP contribution is -2.54. The zero-order valence-corrected chi connectivity index (χ0v) is 12.5. The number of hydrogen-bond acceptors (Lipinski definition) is 4. The van der Waals surface area contributed by atoms with Gasteiger partial charge in [0.25, 0.3) is 0 Å². The molecular weight excluding hydrogens is 272 g/mol. The number of aliphatic hydroxyl groups is 1. The predicted octanol–water partition coefficient (Wildman–Crippen LogP) is 0.737. The zero-order valence-electron chi connectivity index (χ0n) is 12.5. The molecule has 0 unspecified atom stereocenters. The summed E-state index contributed by atoms with van der Waals surface area (Å²) in [5.41, 5.74) is -0.574. The van der Waals surface area contributed by atoms with E-state index in [1.807, 2.05) is 4.90 Å². The third-order valence-corrected chi connectivity index (χ3v) is 4.55. The van der Waals surface area contributed by atoms with Crippen molar-refractivity contribution in [3.8, 4) is 0 Å². The van der Waals surface area contributed by atoms with Crippen molar-refractivity contribution < 1.29 is 19.8 Å². The number of carbonyl (C=O) groups excluding carboxylic acids is 1. The van der Waals surface area contributed by atoms with Crippen LogP contribution in [-0.4, -0.2) is 58.3 Å². The predicted molar refractivity (Wildman–Crippen MR) is 77.9 cm³/mol. The molecule has 2 rings (SSSR count). The number of likely N-dealkylation sites (tertiary alicyclic amines) is 1. The Morgan fingerprint density at radius 1 is 1.19 bits per heavy atom. The van der Waals surface area contributed by atoms with Crippen LogP contribution in [0, 0.1) is 0 Å². The monoisotopic (exact) mass is 298 g/mol. The molecule has 3 N–H and O–H groups in total. The summed E-state index contributed by atoms with van der Waals surface area (Å²) in [6, 6.07) is 0. The van der Waals surface area contributed by atoms with Gasteiger partial charge in [0, 0.05) is 6.54 Å². The third-order valence-electron chi connectivity index (χ3n) is 4.55. The number of piperidine rings is 1. The van der Waals surface area contributed by atoms with Crippen LogP contribution in [0.2, 0.25) is 0 Å². The van der Waals surface area contributed by atoms with Crippen LogP contribution in [0.3, 0.4) is 0 Å². The molecule has 21 heavy (non-hydrogen) atoms. The number of carboxylic acids is 1. The Labute approximate surface area is 125 Å². The average molecular weight is 298 g/mol. The van der Waals surface area contributed by atoms with E-state index in [0.29, 0.717) is 6.54 Å². The van der Waals surface area contributed by atoms with Gasteiger partial charge in [-0.2, -0.15) is 0 Å². The van der Waals surface area contributed by atoms with Crippen LogP contribution in [0.25, 0.3) is 0 Å². The fourth-order valence-electron chi connectivity index (χ4n) is 3.58. The first kappa shape index (κ1) is 16.2. The van der Waals surface area contributed by atoms with Gasteiger partial charge in [-0.25, -0.2) is 0 Å². The fraction of sp³-hybridized carbons (Fsp3) is 0.867. The number of carbonyl (C=O) groups is 2. The maximum Gasteiger partial charge on any atom is 0.305 e. The highest BCUT2D eigenvalue weighted by molar-refractivity contribution is 5.80. The molecule has 0 aromatic rings. The third kappa shape index (κ3) is 4.97. The first-order chi connectivity index (χ1) is 9.99. The molecule has 0 radical (unpaired) electrons. The Kier molecular flexibility index (Phi) is 5.58. The Hall–Kier alpha value is -1.14. The van der Waals surface area contributed by atoms with Crippen LogP contribution >= 0.6 is 0 Å². The average Bonchev–Trinajstić information content (AvgIpc) is 2.38. The summed E-state index contributed by atoms with van der Waals surface area (Å²) >= 11 is 0. The molecule has 1 saturated heterocycles. The van der Waals surface area contributed by atoms with Crippen LogP contribution in [0.15, 0.2) is 0 Å². The molecule has 0 bridgehead atoms. The lowest BCUT2D eigenvalue weighted by atomic mass is 9.79. The molecule has 0 aromatic carbocycles. The van der Waals surface area contributed by atoms with Crippen molar-refractivity contribution in [1.29, 1.82) is 0 Å². The smallest absolute Gasteiger partial charge is 0.305 e. The van der Waals surface area contributed by atoms with E-state index in [-0.39, 0.29) is 25.0 Å². The van der Waals surface area contributed by atoms with Gasteiger partial charge >= 0.3 is 5.97 Å². The summed E-state index contributed by atoms with van der Waals surface area (Å²) in [6.45, 7) is 1.59. The molecule has 2 aliphatic rings. The molecule has 6 heteroatoms. The van der Waals surface area contributed by atoms with Crippen LogP contribution in [0.5, 0.6) is 0 Å². The van der Waals surface area contributed by atoms with Gasteiger partial charge in [0.1, 0.15) is 0 Å². The Bertz CT molecular complexity index is 380. The van der Waals surface area contributed by atoms with Crippen LogP contribution in [-0.2, 0) is 9.59 Å². The molecule has 6 nitrogen and oxygen atoms in total. The minimum Gasteiger partial charge on any atom is -0.481 e. The topological polar surface area (TPSA) is 89.9 Å². The van der Waals surface area contributed by atoms with Crippen molar-refractivity contribution >= 4 is 11.9 Å². The van der Waals surface area contributed by atoms with E-state index in [2.05, 4.69) is 5.32 Å². The summed E-state index contributed by atoms with van der Waals surface area (Å²) in [6.07, 6.45) is 5.87. The van der Waals surface area contributed by atoms with Crippen molar-refractivity contribution in [2.75, 3.05) is 19.6 Å². The largest absolute Gasteiger partial charge is 0.481 e. The number of rotatable bonds is 5. The van der Waals surface area contributed by atoms with Crippen LogP contribution in [0.1, 0.15) is 51.4 Å². The number of β-amino-alcohol motifs (C(OH)–C–C–N with tert-alkyl or cyclic N) is 1. The van der Waals surface area contributed by atoms with Crippen molar-refractivity contribution in [2.24, 2.45) is 0 Å². The summed E-state index contributed by atoms with van der Waals surface area (Å²) < 4.78 is 0. The van der Waals surface area contributed by atoms with Gasteiger partial charge < -0.3 is 15.5 Å².